The van der Waals surface area contributed by atoms with Crippen LogP contribution in [-0.2, 0) is 6.54 Å². The number of hydrogen-bond acceptors (Lipinski definition) is 3. The normalized spacial score (nSPS) is 15.1. The molecular formula is C19H23N3O2. The Morgan fingerprint density at radius 3 is 2.58 bits per heavy atom. The van der Waals surface area contributed by atoms with Crippen molar-refractivity contribution in [2.24, 2.45) is 5.92 Å². The molecule has 0 bridgehead atoms. The van der Waals surface area contributed by atoms with E-state index in [0.717, 1.165) is 24.8 Å². The van der Waals surface area contributed by atoms with Crippen molar-refractivity contribution in [1.82, 2.24) is 15.1 Å². The van der Waals surface area contributed by atoms with E-state index in [2.05, 4.69) is 41.6 Å². The predicted molar refractivity (Wildman–Crippen MR) is 92.9 cm³/mol. The molecule has 0 aliphatic heterocycles. The van der Waals surface area contributed by atoms with Gasteiger partial charge in [-0.25, -0.2) is 4.68 Å². The molecule has 1 aliphatic carbocycles. The van der Waals surface area contributed by atoms with Crippen LogP contribution >= 0.6 is 0 Å². The first-order valence-corrected chi connectivity index (χ1v) is 8.54. The van der Waals surface area contributed by atoms with E-state index in [4.69, 9.17) is 0 Å². The lowest BCUT2D eigenvalue weighted by Gasteiger charge is -2.19. The summed E-state index contributed by atoms with van der Waals surface area (Å²) in [5.74, 6) is 0.260. The molecule has 5 nitrogen and oxygen atoms in total. The van der Waals surface area contributed by atoms with Crippen LogP contribution in [0.3, 0.4) is 0 Å². The predicted octanol–water partition coefficient (Wildman–Crippen LogP) is 2.84. The Balaban J connectivity index is 1.80. The number of amides is 1. The minimum absolute atomic E-state index is 0.00598. The van der Waals surface area contributed by atoms with Gasteiger partial charge in [-0.05, 0) is 43.7 Å². The van der Waals surface area contributed by atoms with Crippen molar-refractivity contribution in [3.63, 3.8) is 0 Å². The van der Waals surface area contributed by atoms with E-state index in [0.29, 0.717) is 18.2 Å². The molecule has 0 saturated heterocycles. The van der Waals surface area contributed by atoms with Gasteiger partial charge in [0.1, 0.15) is 5.69 Å². The Bertz CT molecular complexity index is 776. The zero-order valence-corrected chi connectivity index (χ0v) is 14.2. The fourth-order valence-corrected chi connectivity index (χ4v) is 2.83. The molecule has 1 amide bonds. The molecule has 0 spiro atoms. The topological polar surface area (TPSA) is 64.0 Å². The van der Waals surface area contributed by atoms with Crippen LogP contribution in [0.15, 0.2) is 41.2 Å². The minimum Gasteiger partial charge on any atom is -0.344 e. The highest BCUT2D eigenvalue weighted by Gasteiger charge is 2.33. The largest absolute Gasteiger partial charge is 0.344 e. The Morgan fingerprint density at radius 1 is 1.25 bits per heavy atom. The zero-order valence-electron chi connectivity index (χ0n) is 14.2. The number of hydrogen-bond donors (Lipinski definition) is 1. The third kappa shape index (κ3) is 3.72. The summed E-state index contributed by atoms with van der Waals surface area (Å²) in [7, 11) is 0. The highest BCUT2D eigenvalue weighted by Crippen LogP contribution is 2.41. The molecule has 1 aromatic heterocycles. The molecule has 2 aromatic rings. The van der Waals surface area contributed by atoms with Crippen LogP contribution < -0.4 is 10.9 Å². The lowest BCUT2D eigenvalue weighted by atomic mass is 10.0. The summed E-state index contributed by atoms with van der Waals surface area (Å²) in [6.07, 6.45) is 3.05. The van der Waals surface area contributed by atoms with Gasteiger partial charge in [0.2, 0.25) is 0 Å². The first-order valence-electron chi connectivity index (χ1n) is 8.54. The van der Waals surface area contributed by atoms with Gasteiger partial charge in [0.15, 0.2) is 0 Å². The lowest BCUT2D eigenvalue weighted by Crippen LogP contribution is -2.33. The van der Waals surface area contributed by atoms with E-state index in [9.17, 15) is 9.59 Å². The summed E-state index contributed by atoms with van der Waals surface area (Å²) in [5.41, 5.74) is 2.44. The van der Waals surface area contributed by atoms with Gasteiger partial charge in [0.05, 0.1) is 6.04 Å². The molecule has 1 atom stereocenters. The molecular weight excluding hydrogens is 302 g/mol. The van der Waals surface area contributed by atoms with Gasteiger partial charge in [0, 0.05) is 12.6 Å². The number of nitrogens with one attached hydrogen (secondary N) is 1. The molecule has 24 heavy (non-hydrogen) atoms. The fourth-order valence-electron chi connectivity index (χ4n) is 2.83. The number of nitrogens with zero attached hydrogens (tertiary/aromatic N) is 2. The highest BCUT2D eigenvalue weighted by molar-refractivity contribution is 5.92. The maximum absolute atomic E-state index is 12.6. The van der Waals surface area contributed by atoms with E-state index in [1.807, 2.05) is 6.92 Å². The Kier molecular flexibility index (Phi) is 4.79. The van der Waals surface area contributed by atoms with Gasteiger partial charge in [0.25, 0.3) is 11.5 Å². The number of aromatic nitrogens is 2. The number of aryl methyl sites for hydroxylation is 2. The van der Waals surface area contributed by atoms with Crippen molar-refractivity contribution >= 4 is 5.91 Å². The highest BCUT2D eigenvalue weighted by atomic mass is 16.2. The van der Waals surface area contributed by atoms with Crippen molar-refractivity contribution in [2.45, 2.75) is 45.7 Å². The maximum atomic E-state index is 12.6. The van der Waals surface area contributed by atoms with Crippen LogP contribution in [0.25, 0.3) is 0 Å². The van der Waals surface area contributed by atoms with Crippen molar-refractivity contribution in [3.8, 4) is 0 Å². The number of carbonyl (C=O) groups is 1. The monoisotopic (exact) mass is 325 g/mol. The van der Waals surface area contributed by atoms with Crippen molar-refractivity contribution in [2.75, 3.05) is 0 Å². The molecule has 5 heteroatoms. The van der Waals surface area contributed by atoms with Crippen molar-refractivity contribution in [3.05, 3.63) is 63.6 Å². The third-order valence-electron chi connectivity index (χ3n) is 4.35. The number of benzene rings is 1. The Morgan fingerprint density at radius 2 is 1.96 bits per heavy atom. The van der Waals surface area contributed by atoms with Crippen molar-refractivity contribution in [1.29, 1.82) is 0 Å². The van der Waals surface area contributed by atoms with Gasteiger partial charge in [-0.3, -0.25) is 9.59 Å². The Labute approximate surface area is 141 Å². The molecule has 1 fully saturated rings. The average molecular weight is 325 g/mol. The molecule has 3 rings (SSSR count). The summed E-state index contributed by atoms with van der Waals surface area (Å²) in [5, 5.41) is 7.30. The average Bonchev–Trinajstić information content (AvgIpc) is 3.40. The number of rotatable bonds is 6. The second-order valence-corrected chi connectivity index (χ2v) is 6.48. The van der Waals surface area contributed by atoms with Gasteiger partial charge in [-0.2, -0.15) is 5.10 Å². The smallest absolute Gasteiger partial charge is 0.272 e. The second kappa shape index (κ2) is 6.99. The zero-order chi connectivity index (χ0) is 17.1. The van der Waals surface area contributed by atoms with E-state index in [1.54, 1.807) is 0 Å². The third-order valence-corrected chi connectivity index (χ3v) is 4.35. The summed E-state index contributed by atoms with van der Waals surface area (Å²) in [6.45, 7) is 4.54. The lowest BCUT2D eigenvalue weighted by molar-refractivity contribution is 0.0924. The summed E-state index contributed by atoms with van der Waals surface area (Å²) in [6, 6.07) is 11.2. The molecule has 1 unspecified atom stereocenters. The van der Waals surface area contributed by atoms with Crippen LogP contribution in [0.5, 0.6) is 0 Å². The molecule has 1 N–H and O–H groups in total. The van der Waals surface area contributed by atoms with E-state index >= 15 is 0 Å². The van der Waals surface area contributed by atoms with Gasteiger partial charge in [-0.15, -0.1) is 0 Å². The summed E-state index contributed by atoms with van der Waals surface area (Å²) < 4.78 is 1.35. The van der Waals surface area contributed by atoms with E-state index in [1.165, 1.54) is 22.4 Å². The van der Waals surface area contributed by atoms with Crippen molar-refractivity contribution < 1.29 is 4.79 Å². The van der Waals surface area contributed by atoms with Crippen LogP contribution in [-0.4, -0.2) is 15.7 Å². The molecule has 1 saturated carbocycles. The van der Waals surface area contributed by atoms with Crippen LogP contribution in [0.1, 0.15) is 53.8 Å². The van der Waals surface area contributed by atoms with Gasteiger partial charge >= 0.3 is 0 Å². The fraction of sp³-hybridized carbons (Fsp3) is 0.421. The molecule has 1 aliphatic rings. The first-order chi connectivity index (χ1) is 11.6. The maximum Gasteiger partial charge on any atom is 0.272 e. The molecule has 1 heterocycles. The number of carbonyl (C=O) groups excluding carboxylic acids is 1. The molecule has 1 aromatic carbocycles. The van der Waals surface area contributed by atoms with Crippen LogP contribution in [0.2, 0.25) is 0 Å². The summed E-state index contributed by atoms with van der Waals surface area (Å²) >= 11 is 0. The molecule has 126 valence electrons. The minimum atomic E-state index is -0.225. The quantitative estimate of drug-likeness (QED) is 0.888. The van der Waals surface area contributed by atoms with E-state index in [-0.39, 0.29) is 17.5 Å². The second-order valence-electron chi connectivity index (χ2n) is 6.48. The summed E-state index contributed by atoms with van der Waals surface area (Å²) in [4.78, 5) is 24.4. The SMILES string of the molecule is CCCn1nc(C(=O)NC(c2ccc(C)cc2)C2CC2)ccc1=O. The van der Waals surface area contributed by atoms with Gasteiger partial charge in [-0.1, -0.05) is 36.8 Å². The van der Waals surface area contributed by atoms with Gasteiger partial charge < -0.3 is 5.32 Å². The van der Waals surface area contributed by atoms with Crippen LogP contribution in [0, 0.1) is 12.8 Å². The van der Waals surface area contributed by atoms with Crippen LogP contribution in [0.4, 0.5) is 0 Å². The first kappa shape index (κ1) is 16.4. The Hall–Kier alpha value is -2.43. The standard InChI is InChI=1S/C19H23N3O2/c1-3-12-22-17(23)11-10-16(21-22)19(24)20-18(15-8-9-15)14-6-4-13(2)5-7-14/h4-7,10-11,15,18H,3,8-9,12H2,1-2H3,(H,20,24). The van der Waals surface area contributed by atoms with E-state index < -0.39 is 0 Å². The molecule has 0 radical (unpaired) electrons.